The van der Waals surface area contributed by atoms with E-state index in [2.05, 4.69) is 10.6 Å². The predicted molar refractivity (Wildman–Crippen MR) is 109 cm³/mol. The van der Waals surface area contributed by atoms with Crippen molar-refractivity contribution >= 4 is 16.8 Å². The lowest BCUT2D eigenvalue weighted by molar-refractivity contribution is 0.0923. The summed E-state index contributed by atoms with van der Waals surface area (Å²) in [6.07, 6.45) is 4.17. The Morgan fingerprint density at radius 2 is 1.89 bits per heavy atom. The van der Waals surface area contributed by atoms with Crippen molar-refractivity contribution in [1.29, 1.82) is 0 Å². The number of aliphatic hydroxyl groups excluding tert-OH is 1. The van der Waals surface area contributed by atoms with E-state index in [1.807, 2.05) is 18.2 Å². The molecule has 1 aliphatic carbocycles. The van der Waals surface area contributed by atoms with Gasteiger partial charge in [0, 0.05) is 11.5 Å². The minimum atomic E-state index is -0.648. The van der Waals surface area contributed by atoms with E-state index in [4.69, 9.17) is 9.72 Å². The number of Topliss-reactive ketones (excluding diaryl/α,β-unsaturated/α-hetero) is 1. The molecule has 5 heteroatoms. The van der Waals surface area contributed by atoms with Gasteiger partial charge in [-0.15, -0.1) is 0 Å². The van der Waals surface area contributed by atoms with E-state index < -0.39 is 6.10 Å². The summed E-state index contributed by atoms with van der Waals surface area (Å²) in [6, 6.07) is 15.1. The Kier molecular flexibility index (Phi) is 5.44. The average Bonchev–Trinajstić information content (AvgIpc) is 3.35. The third kappa shape index (κ3) is 3.94. The lowest BCUT2D eigenvalue weighted by atomic mass is 10.1. The van der Waals surface area contributed by atoms with Crippen LogP contribution in [0.15, 0.2) is 48.5 Å². The zero-order valence-corrected chi connectivity index (χ0v) is 16.2. The minimum absolute atomic E-state index is 0.0259. The molecule has 1 unspecified atom stereocenters. The lowest BCUT2D eigenvalue weighted by Gasteiger charge is -2.18. The zero-order valence-electron chi connectivity index (χ0n) is 16.2. The molecule has 1 saturated carbocycles. The Balaban J connectivity index is 1.47. The van der Waals surface area contributed by atoms with Gasteiger partial charge in [-0.1, -0.05) is 25.0 Å². The maximum Gasteiger partial charge on any atom is 0.159 e. The number of ether oxygens (including phenoxy) is 1. The number of aliphatic hydroxyl groups is 1. The van der Waals surface area contributed by atoms with Gasteiger partial charge < -0.3 is 14.4 Å². The number of nitrogens with zero attached hydrogens (tertiary/aromatic N) is 2. The molecule has 1 aliphatic rings. The van der Waals surface area contributed by atoms with Gasteiger partial charge in [-0.05, 0) is 56.2 Å². The van der Waals surface area contributed by atoms with Gasteiger partial charge >= 0.3 is 0 Å². The topological polar surface area (TPSA) is 64.3 Å². The molecule has 0 aliphatic heterocycles. The van der Waals surface area contributed by atoms with Crippen molar-refractivity contribution in [2.75, 3.05) is 6.61 Å². The fraction of sp³-hybridized carbons (Fsp3) is 0.391. The largest absolute Gasteiger partial charge is 0.491 e. The molecule has 1 heterocycles. The van der Waals surface area contributed by atoms with Crippen LogP contribution in [-0.2, 0) is 6.54 Å². The number of imidazole rings is 1. The molecule has 0 amide bonds. The van der Waals surface area contributed by atoms with Crippen LogP contribution in [0.5, 0.6) is 5.75 Å². The first-order valence-corrected chi connectivity index (χ1v) is 9.99. The van der Waals surface area contributed by atoms with Gasteiger partial charge in [0.2, 0.25) is 0 Å². The van der Waals surface area contributed by atoms with Crippen molar-refractivity contribution in [2.45, 2.75) is 51.2 Å². The highest BCUT2D eigenvalue weighted by Crippen LogP contribution is 2.35. The molecule has 4 rings (SSSR count). The van der Waals surface area contributed by atoms with Crippen molar-refractivity contribution < 1.29 is 14.6 Å². The normalized spacial score (nSPS) is 15.8. The molecule has 146 valence electrons. The van der Waals surface area contributed by atoms with Gasteiger partial charge in [0.15, 0.2) is 5.78 Å². The van der Waals surface area contributed by atoms with Crippen molar-refractivity contribution in [1.82, 2.24) is 9.55 Å². The lowest BCUT2D eigenvalue weighted by Crippen LogP contribution is -2.25. The van der Waals surface area contributed by atoms with Gasteiger partial charge in [0.1, 0.15) is 24.3 Å². The summed E-state index contributed by atoms with van der Waals surface area (Å²) in [5.74, 6) is 2.23. The van der Waals surface area contributed by atoms with Crippen LogP contribution in [0, 0.1) is 0 Å². The van der Waals surface area contributed by atoms with E-state index in [0.717, 1.165) is 16.9 Å². The minimum Gasteiger partial charge on any atom is -0.491 e. The number of fused-ring (bicyclic) bond motifs is 1. The van der Waals surface area contributed by atoms with Crippen molar-refractivity contribution in [3.63, 3.8) is 0 Å². The number of carbonyl (C=O) groups excluding carboxylic acids is 1. The highest BCUT2D eigenvalue weighted by molar-refractivity contribution is 5.94. The molecular weight excluding hydrogens is 352 g/mol. The summed E-state index contributed by atoms with van der Waals surface area (Å²) in [5.41, 5.74) is 2.70. The second kappa shape index (κ2) is 8.15. The van der Waals surface area contributed by atoms with Gasteiger partial charge in [-0.25, -0.2) is 4.98 Å². The highest BCUT2D eigenvalue weighted by Gasteiger charge is 2.24. The number of carbonyl (C=O) groups is 1. The molecule has 3 aromatic rings. The number of benzene rings is 2. The Labute approximate surface area is 165 Å². The first-order chi connectivity index (χ1) is 13.6. The average molecular weight is 378 g/mol. The third-order valence-corrected chi connectivity index (χ3v) is 5.50. The van der Waals surface area contributed by atoms with Gasteiger partial charge in [-0.2, -0.15) is 0 Å². The quantitative estimate of drug-likeness (QED) is 0.621. The molecule has 2 aromatic carbocycles. The van der Waals surface area contributed by atoms with Crippen molar-refractivity contribution in [3.8, 4) is 5.75 Å². The molecule has 1 fully saturated rings. The number of hydrogen-bond acceptors (Lipinski definition) is 4. The van der Waals surface area contributed by atoms with E-state index in [1.54, 1.807) is 24.3 Å². The molecule has 1 atom stereocenters. The third-order valence-electron chi connectivity index (χ3n) is 5.50. The number of hydrogen-bond donors (Lipinski definition) is 1. The van der Waals surface area contributed by atoms with Crippen LogP contribution in [-0.4, -0.2) is 33.2 Å². The molecule has 0 saturated heterocycles. The van der Waals surface area contributed by atoms with Crippen molar-refractivity contribution in [3.05, 3.63) is 59.9 Å². The Hall–Kier alpha value is -2.66. The summed E-state index contributed by atoms with van der Waals surface area (Å²) >= 11 is 0. The van der Waals surface area contributed by atoms with E-state index in [9.17, 15) is 9.90 Å². The fourth-order valence-corrected chi connectivity index (χ4v) is 4.02. The van der Waals surface area contributed by atoms with Crippen LogP contribution < -0.4 is 4.74 Å². The Morgan fingerprint density at radius 3 is 2.61 bits per heavy atom. The smallest absolute Gasteiger partial charge is 0.159 e. The first kappa shape index (κ1) is 18.7. The molecule has 0 radical (unpaired) electrons. The summed E-state index contributed by atoms with van der Waals surface area (Å²) in [6.45, 7) is 2.19. The number of aromatic nitrogens is 2. The molecule has 0 spiro atoms. The molecule has 1 N–H and O–H groups in total. The van der Waals surface area contributed by atoms with E-state index in [0.29, 0.717) is 23.8 Å². The summed E-state index contributed by atoms with van der Waals surface area (Å²) in [7, 11) is 0. The summed E-state index contributed by atoms with van der Waals surface area (Å²) in [5, 5.41) is 10.6. The monoisotopic (exact) mass is 378 g/mol. The van der Waals surface area contributed by atoms with Gasteiger partial charge in [0.25, 0.3) is 0 Å². The Bertz CT molecular complexity index is 956. The van der Waals surface area contributed by atoms with Crippen LogP contribution in [0.1, 0.15) is 54.7 Å². The van der Waals surface area contributed by atoms with Crippen LogP contribution in [0.25, 0.3) is 11.0 Å². The second-order valence-electron chi connectivity index (χ2n) is 7.60. The maximum absolute atomic E-state index is 11.4. The standard InChI is InChI=1S/C23H26N2O3/c1-16(26)17-10-12-20(13-11-17)28-15-19(27)14-25-22-9-5-4-8-21(22)24-23(25)18-6-2-3-7-18/h4-5,8-13,18-19,27H,2-3,6-7,14-15H2,1H3. The molecule has 0 bridgehead atoms. The summed E-state index contributed by atoms with van der Waals surface area (Å²) < 4.78 is 7.90. The SMILES string of the molecule is CC(=O)c1ccc(OCC(O)Cn2c(C3CCCC3)nc3ccccc32)cc1. The second-order valence-corrected chi connectivity index (χ2v) is 7.60. The highest BCUT2D eigenvalue weighted by atomic mass is 16.5. The molecule has 28 heavy (non-hydrogen) atoms. The van der Waals surface area contributed by atoms with Gasteiger partial charge in [0.05, 0.1) is 17.6 Å². The van der Waals surface area contributed by atoms with Crippen LogP contribution in [0.2, 0.25) is 0 Å². The van der Waals surface area contributed by atoms with E-state index in [-0.39, 0.29) is 12.4 Å². The molecular formula is C23H26N2O3. The maximum atomic E-state index is 11.4. The van der Waals surface area contributed by atoms with Gasteiger partial charge in [-0.3, -0.25) is 4.79 Å². The van der Waals surface area contributed by atoms with Crippen LogP contribution in [0.4, 0.5) is 0 Å². The molecule has 5 nitrogen and oxygen atoms in total. The van der Waals surface area contributed by atoms with Crippen LogP contribution >= 0.6 is 0 Å². The first-order valence-electron chi connectivity index (χ1n) is 9.99. The van der Waals surface area contributed by atoms with Crippen LogP contribution in [0.3, 0.4) is 0 Å². The zero-order chi connectivity index (χ0) is 19.5. The molecule has 1 aromatic heterocycles. The van der Waals surface area contributed by atoms with E-state index in [1.165, 1.54) is 32.6 Å². The number of para-hydroxylation sites is 2. The number of rotatable bonds is 7. The van der Waals surface area contributed by atoms with Crippen molar-refractivity contribution in [2.24, 2.45) is 0 Å². The predicted octanol–water partition coefficient (Wildman–Crippen LogP) is 4.34. The fourth-order valence-electron chi connectivity index (χ4n) is 4.02. The van der Waals surface area contributed by atoms with E-state index >= 15 is 0 Å². The summed E-state index contributed by atoms with van der Waals surface area (Å²) in [4.78, 5) is 16.2. The Morgan fingerprint density at radius 1 is 1.18 bits per heavy atom. The number of ketones is 1.